The largest absolute Gasteiger partial charge is 0.448 e. The van der Waals surface area contributed by atoms with Gasteiger partial charge in [-0.15, -0.1) is 5.10 Å². The van der Waals surface area contributed by atoms with Crippen molar-refractivity contribution in [2.45, 2.75) is 6.10 Å². The van der Waals surface area contributed by atoms with Gasteiger partial charge in [0, 0.05) is 9.50 Å². The van der Waals surface area contributed by atoms with Crippen molar-refractivity contribution in [3.63, 3.8) is 0 Å². The highest BCUT2D eigenvalue weighted by atomic mass is 79.9. The summed E-state index contributed by atoms with van der Waals surface area (Å²) in [4.78, 5) is 16.3. The average molecular weight is 447 g/mol. The van der Waals surface area contributed by atoms with Gasteiger partial charge < -0.3 is 15.8 Å². The molecule has 1 aromatic heterocycles. The molecule has 136 valence electrons. The van der Waals surface area contributed by atoms with Gasteiger partial charge in [0.2, 0.25) is 11.9 Å². The number of nitrogens with one attached hydrogen (secondary N) is 1. The molecule has 2 heterocycles. The number of nitrogens with two attached hydrogens (primary N) is 1. The first-order valence-corrected chi connectivity index (χ1v) is 9.10. The molecule has 27 heavy (non-hydrogen) atoms. The fourth-order valence-electron chi connectivity index (χ4n) is 2.61. The van der Waals surface area contributed by atoms with E-state index in [1.54, 1.807) is 30.3 Å². The Morgan fingerprint density at radius 3 is 2.56 bits per heavy atom. The second kappa shape index (κ2) is 7.05. The number of benzene rings is 2. The van der Waals surface area contributed by atoms with Gasteiger partial charge in [-0.1, -0.05) is 39.7 Å². The predicted molar refractivity (Wildman–Crippen MR) is 105 cm³/mol. The van der Waals surface area contributed by atoms with Crippen molar-refractivity contribution in [2.75, 3.05) is 11.1 Å². The molecule has 4 rings (SSSR count). The molecule has 9 heteroatoms. The molecule has 1 aliphatic heterocycles. The summed E-state index contributed by atoms with van der Waals surface area (Å²) in [5, 5.41) is 7.77. The number of hydrogen-bond acceptors (Lipinski definition) is 6. The normalized spacial score (nSPS) is 16.1. The van der Waals surface area contributed by atoms with Gasteiger partial charge in [-0.25, -0.2) is 4.79 Å². The summed E-state index contributed by atoms with van der Waals surface area (Å²) in [6.45, 7) is 0. The van der Waals surface area contributed by atoms with Crippen LogP contribution in [0.5, 0.6) is 0 Å². The Hall–Kier alpha value is -2.84. The SMILES string of the molecule is Nc1nc(NC2=CC(c3ccc(Br)cc3)OC2=O)nn1-c1ccc(Cl)cc1. The van der Waals surface area contributed by atoms with Gasteiger partial charge >= 0.3 is 5.97 Å². The minimum atomic E-state index is -0.482. The van der Waals surface area contributed by atoms with Gasteiger partial charge in [0.1, 0.15) is 11.8 Å². The number of anilines is 2. The van der Waals surface area contributed by atoms with Crippen LogP contribution in [0.2, 0.25) is 5.02 Å². The molecule has 1 atom stereocenters. The summed E-state index contributed by atoms with van der Waals surface area (Å²) in [6.07, 6.45) is 1.22. The van der Waals surface area contributed by atoms with Gasteiger partial charge in [-0.2, -0.15) is 9.67 Å². The van der Waals surface area contributed by atoms with Crippen LogP contribution in [0, 0.1) is 0 Å². The fourth-order valence-corrected chi connectivity index (χ4v) is 3.00. The van der Waals surface area contributed by atoms with E-state index in [9.17, 15) is 4.79 Å². The lowest BCUT2D eigenvalue weighted by Gasteiger charge is -2.07. The minimum Gasteiger partial charge on any atom is -0.448 e. The predicted octanol–water partition coefficient (Wildman–Crippen LogP) is 3.86. The van der Waals surface area contributed by atoms with Crippen LogP contribution in [-0.4, -0.2) is 20.7 Å². The molecule has 7 nitrogen and oxygen atoms in total. The molecule has 0 spiro atoms. The molecule has 0 amide bonds. The number of halogens is 2. The molecule has 3 N–H and O–H groups in total. The van der Waals surface area contributed by atoms with Gasteiger partial charge in [0.25, 0.3) is 0 Å². The highest BCUT2D eigenvalue weighted by Gasteiger charge is 2.28. The molecule has 1 aliphatic rings. The van der Waals surface area contributed by atoms with Crippen molar-refractivity contribution < 1.29 is 9.53 Å². The van der Waals surface area contributed by atoms with Crippen LogP contribution in [0.15, 0.2) is 64.8 Å². The Labute approximate surface area is 167 Å². The van der Waals surface area contributed by atoms with E-state index >= 15 is 0 Å². The molecule has 3 aromatic rings. The van der Waals surface area contributed by atoms with E-state index in [1.165, 1.54) is 4.68 Å². The van der Waals surface area contributed by atoms with E-state index in [0.717, 1.165) is 10.0 Å². The third kappa shape index (κ3) is 3.67. The van der Waals surface area contributed by atoms with Gasteiger partial charge in [-0.05, 0) is 48.0 Å². The topological polar surface area (TPSA) is 95.1 Å². The van der Waals surface area contributed by atoms with Crippen molar-refractivity contribution in [1.29, 1.82) is 0 Å². The first-order valence-electron chi connectivity index (χ1n) is 7.93. The number of hydrogen-bond donors (Lipinski definition) is 2. The monoisotopic (exact) mass is 445 g/mol. The summed E-state index contributed by atoms with van der Waals surface area (Å²) < 4.78 is 7.79. The van der Waals surface area contributed by atoms with E-state index in [2.05, 4.69) is 31.3 Å². The number of carbonyl (C=O) groups excluding carboxylic acids is 1. The maximum Gasteiger partial charge on any atom is 0.355 e. The van der Waals surface area contributed by atoms with Crippen LogP contribution in [0.3, 0.4) is 0 Å². The number of esters is 1. The fraction of sp³-hybridized carbons (Fsp3) is 0.0556. The molecular formula is C18H13BrClN5O2. The smallest absolute Gasteiger partial charge is 0.355 e. The van der Waals surface area contributed by atoms with Gasteiger partial charge in [0.15, 0.2) is 0 Å². The van der Waals surface area contributed by atoms with E-state index in [0.29, 0.717) is 10.7 Å². The van der Waals surface area contributed by atoms with E-state index in [-0.39, 0.29) is 17.6 Å². The number of ether oxygens (including phenoxy) is 1. The first kappa shape index (κ1) is 17.6. The Balaban J connectivity index is 1.56. The Morgan fingerprint density at radius 2 is 1.85 bits per heavy atom. The Kier molecular flexibility index (Phi) is 4.59. The third-order valence-corrected chi connectivity index (χ3v) is 4.70. The molecule has 1 unspecified atom stereocenters. The number of carbonyl (C=O) groups is 1. The van der Waals surface area contributed by atoms with Crippen LogP contribution in [-0.2, 0) is 9.53 Å². The van der Waals surface area contributed by atoms with Crippen LogP contribution >= 0.6 is 27.5 Å². The maximum atomic E-state index is 12.2. The highest BCUT2D eigenvalue weighted by Crippen LogP contribution is 2.29. The van der Waals surface area contributed by atoms with Crippen LogP contribution in [0.4, 0.5) is 11.9 Å². The molecule has 0 fully saturated rings. The Morgan fingerprint density at radius 1 is 1.15 bits per heavy atom. The number of rotatable bonds is 4. The van der Waals surface area contributed by atoms with Crippen molar-refractivity contribution in [3.05, 3.63) is 75.4 Å². The van der Waals surface area contributed by atoms with E-state index in [1.807, 2.05) is 24.3 Å². The average Bonchev–Trinajstić information content (AvgIpc) is 3.19. The standard InChI is InChI=1S/C18H13BrClN5O2/c19-11-3-1-10(2-4-11)15-9-14(16(26)27-15)22-18-23-17(21)25(24-18)13-7-5-12(20)6-8-13/h1-9,15H,(H3,21,22,23,24). The Bertz CT molecular complexity index is 1030. The quantitative estimate of drug-likeness (QED) is 0.591. The van der Waals surface area contributed by atoms with Crippen molar-refractivity contribution in [3.8, 4) is 5.69 Å². The zero-order valence-electron chi connectivity index (χ0n) is 13.8. The first-order chi connectivity index (χ1) is 13.0. The lowest BCUT2D eigenvalue weighted by Crippen LogP contribution is -2.10. The maximum absolute atomic E-state index is 12.2. The third-order valence-electron chi connectivity index (χ3n) is 3.92. The van der Waals surface area contributed by atoms with Gasteiger partial charge in [0.05, 0.1) is 5.69 Å². The van der Waals surface area contributed by atoms with E-state index < -0.39 is 12.1 Å². The summed E-state index contributed by atoms with van der Waals surface area (Å²) >= 11 is 9.28. The minimum absolute atomic E-state index is 0.177. The molecule has 0 aliphatic carbocycles. The van der Waals surface area contributed by atoms with Gasteiger partial charge in [-0.3, -0.25) is 0 Å². The second-order valence-electron chi connectivity index (χ2n) is 5.76. The van der Waals surface area contributed by atoms with Crippen LogP contribution < -0.4 is 11.1 Å². The van der Waals surface area contributed by atoms with Crippen molar-refractivity contribution >= 4 is 45.4 Å². The molecule has 2 aromatic carbocycles. The zero-order valence-corrected chi connectivity index (χ0v) is 16.1. The van der Waals surface area contributed by atoms with Crippen molar-refractivity contribution in [2.24, 2.45) is 0 Å². The van der Waals surface area contributed by atoms with Crippen molar-refractivity contribution in [1.82, 2.24) is 14.8 Å². The summed E-state index contributed by atoms with van der Waals surface area (Å²) in [5.74, 6) is -0.109. The zero-order chi connectivity index (χ0) is 19.0. The highest BCUT2D eigenvalue weighted by molar-refractivity contribution is 9.10. The number of aromatic nitrogens is 3. The number of nitrogens with zero attached hydrogens (tertiary/aromatic N) is 3. The molecule has 0 radical (unpaired) electrons. The van der Waals surface area contributed by atoms with Crippen LogP contribution in [0.1, 0.15) is 11.7 Å². The lowest BCUT2D eigenvalue weighted by atomic mass is 10.1. The molecule has 0 bridgehead atoms. The second-order valence-corrected chi connectivity index (χ2v) is 7.12. The number of cyclic esters (lactones) is 1. The van der Waals surface area contributed by atoms with E-state index in [4.69, 9.17) is 22.1 Å². The van der Waals surface area contributed by atoms with Crippen LogP contribution in [0.25, 0.3) is 5.69 Å². The molecule has 0 saturated carbocycles. The lowest BCUT2D eigenvalue weighted by molar-refractivity contribution is -0.139. The summed E-state index contributed by atoms with van der Waals surface area (Å²) in [7, 11) is 0. The number of nitrogen functional groups attached to an aromatic ring is 1. The molecule has 0 saturated heterocycles. The summed E-state index contributed by atoms with van der Waals surface area (Å²) in [5.41, 5.74) is 7.75. The molecular weight excluding hydrogens is 434 g/mol. The summed E-state index contributed by atoms with van der Waals surface area (Å²) in [6, 6.07) is 14.5.